The lowest BCUT2D eigenvalue weighted by molar-refractivity contribution is -0.131. The Kier molecular flexibility index (Phi) is 18.0. The summed E-state index contributed by atoms with van der Waals surface area (Å²) in [6.07, 6.45) is 9.99. The number of likely N-dealkylation sites (tertiary alicyclic amines) is 3. The van der Waals surface area contributed by atoms with E-state index in [4.69, 9.17) is 4.74 Å². The van der Waals surface area contributed by atoms with Crippen LogP contribution in [0.1, 0.15) is 127 Å². The average molecular weight is 935 g/mol. The topological polar surface area (TPSA) is 132 Å². The number of amides is 4. The first-order chi connectivity index (χ1) is 31.5. The van der Waals surface area contributed by atoms with Crippen molar-refractivity contribution in [1.82, 2.24) is 30.2 Å². The third kappa shape index (κ3) is 14.6. The third-order valence-corrected chi connectivity index (χ3v) is 12.6. The lowest BCUT2D eigenvalue weighted by Crippen LogP contribution is -2.46. The van der Waals surface area contributed by atoms with E-state index < -0.39 is 0 Å². The van der Waals surface area contributed by atoms with Gasteiger partial charge in [0.1, 0.15) is 11.4 Å². The number of carbonyl (C=O) groups is 5. The average Bonchev–Trinajstić information content (AvgIpc) is 4.09. The fraction of sp³-hybridized carbons (Fsp3) is 0.589. The van der Waals surface area contributed by atoms with Crippen LogP contribution in [0, 0.1) is 17.3 Å². The Bertz CT molecular complexity index is 2160. The first-order valence-corrected chi connectivity index (χ1v) is 24.7. The van der Waals surface area contributed by atoms with Gasteiger partial charge in [0.2, 0.25) is 17.7 Å². The smallest absolute Gasteiger partial charge is 0.250 e. The minimum Gasteiger partial charge on any atom is -0.490 e. The molecule has 4 amide bonds. The lowest BCUT2D eigenvalue weighted by Gasteiger charge is -2.35. The SMILES string of the molecule is C.CC(C)(C)C.CC(C)C[C@H]1C(=O)CC(=O)N1[C@H]1CCN(C2=CC(=O)N[C@H]2Cc2ccccc2)C1.CC(C)C[C@H]1C(OC(C)(C)C)=CC(=O)N1[C@H]1CCN(C2=CC(=O)N[C@H]2Cc2ccccc2)C1. The van der Waals surface area contributed by atoms with Crippen LogP contribution in [0.25, 0.3) is 0 Å². The summed E-state index contributed by atoms with van der Waals surface area (Å²) in [6.45, 7) is 26.4. The molecule has 0 aromatic heterocycles. The Morgan fingerprint density at radius 2 is 1.04 bits per heavy atom. The Hall–Kier alpha value is -5.39. The first kappa shape index (κ1) is 53.6. The molecule has 12 heteroatoms. The fourth-order valence-corrected chi connectivity index (χ4v) is 10.1. The van der Waals surface area contributed by atoms with Gasteiger partial charge < -0.3 is 35.0 Å². The second-order valence-corrected chi connectivity index (χ2v) is 22.7. The molecule has 3 fully saturated rings. The highest BCUT2D eigenvalue weighted by atomic mass is 16.5. The van der Waals surface area contributed by atoms with Crippen molar-refractivity contribution in [3.05, 3.63) is 107 Å². The number of hydrogen-bond acceptors (Lipinski definition) is 8. The number of carbonyl (C=O) groups excluding carboxylic acids is 5. The van der Waals surface area contributed by atoms with E-state index in [-0.39, 0.29) is 85.1 Å². The summed E-state index contributed by atoms with van der Waals surface area (Å²) in [7, 11) is 0. The van der Waals surface area contributed by atoms with Crippen LogP contribution in [-0.2, 0) is 41.6 Å². The van der Waals surface area contributed by atoms with Crippen LogP contribution in [0.5, 0.6) is 0 Å². The van der Waals surface area contributed by atoms with Crippen molar-refractivity contribution < 1.29 is 28.7 Å². The second kappa shape index (κ2) is 22.8. The summed E-state index contributed by atoms with van der Waals surface area (Å²) >= 11 is 0. The maximum Gasteiger partial charge on any atom is 0.250 e. The van der Waals surface area contributed by atoms with Crippen LogP contribution in [0.15, 0.2) is 96.0 Å². The standard InChI is InChI=1S/C27H37N3O3.C23H29N3O3.C5H12.CH4/c1-18(2)13-23-24(33-27(3,4)5)16-26(32)30(23)20-11-12-29(17-20)22-15-25(31)28-21(22)14-19-9-7-6-8-10-19;1-15(2)10-20-21(27)13-23(29)26(20)17-8-9-25(14-17)19-12-22(28)24-18(19)11-16-6-4-3-5-7-16;1-5(2,3)4;/h6-10,15-16,18,20-21,23H,11-14,17H2,1-5H3,(H,28,31);3-7,12,15,17-18,20H,8-11,13-14H2,1-2H3,(H,24,28);1-4H3;1H4/t20-,21-,23-;17-,18-,20-;;/m00../s1. The highest BCUT2D eigenvalue weighted by Crippen LogP contribution is 2.36. The van der Waals surface area contributed by atoms with Crippen molar-refractivity contribution in [3.63, 3.8) is 0 Å². The van der Waals surface area contributed by atoms with E-state index in [0.29, 0.717) is 23.8 Å². The number of Topliss-reactive ketones (excluding diaryl/α,β-unsaturated/α-hetero) is 1. The van der Waals surface area contributed by atoms with Crippen LogP contribution in [0.4, 0.5) is 0 Å². The Labute approximate surface area is 408 Å². The van der Waals surface area contributed by atoms with Crippen LogP contribution < -0.4 is 10.6 Å². The van der Waals surface area contributed by atoms with Crippen molar-refractivity contribution in [3.8, 4) is 0 Å². The Balaban J connectivity index is 0.000000230. The summed E-state index contributed by atoms with van der Waals surface area (Å²) in [5, 5.41) is 6.16. The molecule has 12 nitrogen and oxygen atoms in total. The van der Waals surface area contributed by atoms with E-state index >= 15 is 0 Å². The number of benzene rings is 2. The van der Waals surface area contributed by atoms with Gasteiger partial charge in [-0.3, -0.25) is 24.0 Å². The van der Waals surface area contributed by atoms with E-state index in [2.05, 4.69) is 100 Å². The molecule has 0 spiro atoms. The van der Waals surface area contributed by atoms with Crippen LogP contribution >= 0.6 is 0 Å². The normalized spacial score (nSPS) is 24.9. The number of nitrogens with one attached hydrogen (secondary N) is 2. The third-order valence-electron chi connectivity index (χ3n) is 12.6. The maximum atomic E-state index is 13.1. The van der Waals surface area contributed by atoms with Crippen molar-refractivity contribution in [2.24, 2.45) is 17.3 Å². The molecule has 6 aliphatic heterocycles. The number of ketones is 1. The van der Waals surface area contributed by atoms with Gasteiger partial charge in [0.25, 0.3) is 5.91 Å². The van der Waals surface area contributed by atoms with Crippen molar-refractivity contribution >= 4 is 29.4 Å². The summed E-state index contributed by atoms with van der Waals surface area (Å²) in [5.74, 6) is 1.57. The zero-order chi connectivity index (χ0) is 48.8. The fourth-order valence-electron chi connectivity index (χ4n) is 10.1. The van der Waals surface area contributed by atoms with E-state index in [1.807, 2.05) is 67.0 Å². The monoisotopic (exact) mass is 935 g/mol. The summed E-state index contributed by atoms with van der Waals surface area (Å²) in [5.41, 5.74) is 4.58. The van der Waals surface area contributed by atoms with E-state index in [1.165, 1.54) is 11.1 Å². The summed E-state index contributed by atoms with van der Waals surface area (Å²) in [4.78, 5) is 70.8. The molecule has 8 rings (SSSR count). The molecule has 3 saturated heterocycles. The highest BCUT2D eigenvalue weighted by molar-refractivity contribution is 6.07. The van der Waals surface area contributed by atoms with E-state index in [9.17, 15) is 24.0 Å². The van der Waals surface area contributed by atoms with Gasteiger partial charge in [-0.15, -0.1) is 0 Å². The molecule has 6 heterocycles. The molecule has 2 aromatic rings. The maximum absolute atomic E-state index is 13.1. The number of nitrogens with zero attached hydrogens (tertiary/aromatic N) is 4. The zero-order valence-corrected chi connectivity index (χ0v) is 42.1. The van der Waals surface area contributed by atoms with Crippen LogP contribution in [0.3, 0.4) is 0 Å². The minimum absolute atomic E-state index is 0. The molecular formula is C56H82N6O6. The van der Waals surface area contributed by atoms with Gasteiger partial charge in [-0.05, 0) is 87.7 Å². The molecular weight excluding hydrogens is 853 g/mol. The zero-order valence-electron chi connectivity index (χ0n) is 42.1. The molecule has 0 unspecified atom stereocenters. The molecule has 2 aromatic carbocycles. The molecule has 6 aliphatic rings. The van der Waals surface area contributed by atoms with Crippen molar-refractivity contribution in [2.75, 3.05) is 26.2 Å². The van der Waals surface area contributed by atoms with Gasteiger partial charge >= 0.3 is 0 Å². The molecule has 68 heavy (non-hydrogen) atoms. The predicted molar refractivity (Wildman–Crippen MR) is 271 cm³/mol. The van der Waals surface area contributed by atoms with Gasteiger partial charge in [-0.1, -0.05) is 123 Å². The van der Waals surface area contributed by atoms with Crippen LogP contribution in [0.2, 0.25) is 0 Å². The number of hydrogen-bond donors (Lipinski definition) is 2. The summed E-state index contributed by atoms with van der Waals surface area (Å²) < 4.78 is 6.22. The van der Waals surface area contributed by atoms with Gasteiger partial charge in [0, 0.05) is 55.8 Å². The summed E-state index contributed by atoms with van der Waals surface area (Å²) in [6, 6.07) is 20.1. The number of rotatable bonds is 13. The molecule has 0 saturated carbocycles. The molecule has 0 radical (unpaired) electrons. The van der Waals surface area contributed by atoms with E-state index in [0.717, 1.165) is 75.3 Å². The molecule has 0 aliphatic carbocycles. The second-order valence-electron chi connectivity index (χ2n) is 22.7. The van der Waals surface area contributed by atoms with Gasteiger partial charge in [-0.2, -0.15) is 0 Å². The van der Waals surface area contributed by atoms with Gasteiger partial charge in [0.15, 0.2) is 5.78 Å². The lowest BCUT2D eigenvalue weighted by atomic mass is 10.00. The minimum atomic E-state index is -0.343. The quantitative estimate of drug-likeness (QED) is 0.192. The number of ether oxygens (including phenoxy) is 1. The largest absolute Gasteiger partial charge is 0.490 e. The van der Waals surface area contributed by atoms with Crippen molar-refractivity contribution in [2.45, 2.75) is 170 Å². The Morgan fingerprint density at radius 3 is 1.47 bits per heavy atom. The first-order valence-electron chi connectivity index (χ1n) is 24.7. The molecule has 0 bridgehead atoms. The molecule has 2 N–H and O–H groups in total. The van der Waals surface area contributed by atoms with Gasteiger partial charge in [0.05, 0.1) is 42.7 Å². The van der Waals surface area contributed by atoms with E-state index in [1.54, 1.807) is 18.2 Å². The van der Waals surface area contributed by atoms with Gasteiger partial charge in [-0.25, -0.2) is 0 Å². The van der Waals surface area contributed by atoms with Crippen molar-refractivity contribution in [1.29, 1.82) is 0 Å². The van der Waals surface area contributed by atoms with Crippen LogP contribution in [-0.4, -0.2) is 117 Å². The Morgan fingerprint density at radius 1 is 0.618 bits per heavy atom. The highest BCUT2D eigenvalue weighted by Gasteiger charge is 2.46. The molecule has 6 atom stereocenters. The molecule has 372 valence electrons. The predicted octanol–water partition coefficient (Wildman–Crippen LogP) is 8.23.